The topological polar surface area (TPSA) is 75.7 Å². The molecule has 1 atom stereocenters. The van der Waals surface area contributed by atoms with E-state index in [-0.39, 0.29) is 16.8 Å². The molecule has 6 nitrogen and oxygen atoms in total. The normalized spacial score (nSPS) is 16.3. The number of benzene rings is 2. The summed E-state index contributed by atoms with van der Waals surface area (Å²) in [6, 6.07) is 10.8. The highest BCUT2D eigenvalue weighted by atomic mass is 32.2. The van der Waals surface area contributed by atoms with Crippen LogP contribution in [-0.2, 0) is 14.8 Å². The molecular weight excluding hydrogens is 400 g/mol. The summed E-state index contributed by atoms with van der Waals surface area (Å²) in [7, 11) is -3.66. The lowest BCUT2D eigenvalue weighted by molar-refractivity contribution is 0.0730. The third-order valence-corrected chi connectivity index (χ3v) is 7.47. The van der Waals surface area contributed by atoms with Crippen LogP contribution in [0.1, 0.15) is 52.0 Å². The second kappa shape index (κ2) is 9.29. The predicted octanol–water partition coefficient (Wildman–Crippen LogP) is 3.51. The summed E-state index contributed by atoms with van der Waals surface area (Å²) < 4.78 is 32.6. The molecule has 0 radical (unpaired) electrons. The van der Waals surface area contributed by atoms with Gasteiger partial charge in [0.1, 0.15) is 0 Å². The van der Waals surface area contributed by atoms with Gasteiger partial charge in [0.05, 0.1) is 24.2 Å². The summed E-state index contributed by atoms with van der Waals surface area (Å²) in [4.78, 5) is 13.2. The van der Waals surface area contributed by atoms with Gasteiger partial charge in [-0.25, -0.2) is 8.42 Å². The minimum Gasteiger partial charge on any atom is -0.379 e. The zero-order valence-electron chi connectivity index (χ0n) is 18.1. The quantitative estimate of drug-likeness (QED) is 0.761. The number of morpholine rings is 1. The fraction of sp³-hybridized carbons (Fsp3) is 0.435. The third kappa shape index (κ3) is 4.74. The minimum atomic E-state index is -3.66. The molecule has 1 heterocycles. The number of rotatable bonds is 6. The number of nitrogens with one attached hydrogen (secondary N) is 1. The molecule has 162 valence electrons. The van der Waals surface area contributed by atoms with Crippen LogP contribution < -0.4 is 5.32 Å². The largest absolute Gasteiger partial charge is 0.379 e. The number of hydrogen-bond donors (Lipinski definition) is 1. The van der Waals surface area contributed by atoms with Gasteiger partial charge in [-0.3, -0.25) is 4.79 Å². The van der Waals surface area contributed by atoms with Gasteiger partial charge in [-0.15, -0.1) is 0 Å². The maximum atomic E-state index is 13.1. The summed E-state index contributed by atoms with van der Waals surface area (Å²) in [5.41, 5.74) is 4.50. The molecule has 7 heteroatoms. The Hall–Kier alpha value is -2.22. The molecule has 0 saturated carbocycles. The summed E-state index contributed by atoms with van der Waals surface area (Å²) in [5, 5.41) is 3.09. The van der Waals surface area contributed by atoms with Crippen molar-refractivity contribution in [3.63, 3.8) is 0 Å². The molecule has 1 fully saturated rings. The van der Waals surface area contributed by atoms with E-state index in [1.54, 1.807) is 12.1 Å². The lowest BCUT2D eigenvalue weighted by Crippen LogP contribution is -2.40. The lowest BCUT2D eigenvalue weighted by atomic mass is 9.97. The van der Waals surface area contributed by atoms with Crippen molar-refractivity contribution in [2.75, 3.05) is 26.3 Å². The Morgan fingerprint density at radius 1 is 1.07 bits per heavy atom. The summed E-state index contributed by atoms with van der Waals surface area (Å²) >= 11 is 0. The SMILES string of the molecule is CC[C@@H](NC(=O)c1cc(S(=O)(=O)N2CCOCC2)ccc1C)c1ccc(C)cc1C. The fourth-order valence-corrected chi connectivity index (χ4v) is 5.23. The first-order chi connectivity index (χ1) is 14.2. The van der Waals surface area contributed by atoms with E-state index in [1.165, 1.54) is 15.9 Å². The van der Waals surface area contributed by atoms with Crippen LogP contribution in [0.15, 0.2) is 41.3 Å². The molecule has 2 aromatic rings. The fourth-order valence-electron chi connectivity index (χ4n) is 3.79. The van der Waals surface area contributed by atoms with Crippen LogP contribution in [0.4, 0.5) is 0 Å². The van der Waals surface area contributed by atoms with Crippen molar-refractivity contribution >= 4 is 15.9 Å². The zero-order valence-corrected chi connectivity index (χ0v) is 18.9. The number of aryl methyl sites for hydroxylation is 3. The number of hydrogen-bond acceptors (Lipinski definition) is 4. The second-order valence-corrected chi connectivity index (χ2v) is 9.73. The Kier molecular flexibility index (Phi) is 6.95. The maximum Gasteiger partial charge on any atom is 0.252 e. The molecular formula is C23H30N2O4S. The van der Waals surface area contributed by atoms with Gasteiger partial charge in [0.25, 0.3) is 5.91 Å². The highest BCUT2D eigenvalue weighted by Gasteiger charge is 2.27. The van der Waals surface area contributed by atoms with Gasteiger partial charge in [0.15, 0.2) is 0 Å². The van der Waals surface area contributed by atoms with Crippen molar-refractivity contribution in [3.8, 4) is 0 Å². The van der Waals surface area contributed by atoms with Crippen molar-refractivity contribution in [2.45, 2.75) is 45.1 Å². The van der Waals surface area contributed by atoms with Gasteiger partial charge in [-0.2, -0.15) is 4.31 Å². The summed E-state index contributed by atoms with van der Waals surface area (Å²) in [6.45, 7) is 9.33. The second-order valence-electron chi connectivity index (χ2n) is 7.79. The van der Waals surface area contributed by atoms with Crippen molar-refractivity contribution in [3.05, 3.63) is 64.2 Å². The summed E-state index contributed by atoms with van der Waals surface area (Å²) in [5.74, 6) is -0.265. The van der Waals surface area contributed by atoms with Crippen LogP contribution >= 0.6 is 0 Å². The zero-order chi connectivity index (χ0) is 21.9. The van der Waals surface area contributed by atoms with Crippen LogP contribution in [0, 0.1) is 20.8 Å². The molecule has 30 heavy (non-hydrogen) atoms. The first-order valence-electron chi connectivity index (χ1n) is 10.3. The maximum absolute atomic E-state index is 13.1. The Morgan fingerprint density at radius 3 is 2.40 bits per heavy atom. The Labute approximate surface area is 179 Å². The van der Waals surface area contributed by atoms with E-state index in [9.17, 15) is 13.2 Å². The highest BCUT2D eigenvalue weighted by Crippen LogP contribution is 2.24. The number of sulfonamides is 1. The van der Waals surface area contributed by atoms with E-state index in [0.717, 1.165) is 23.1 Å². The number of carbonyl (C=O) groups is 1. The molecule has 1 amide bonds. The van der Waals surface area contributed by atoms with E-state index in [1.807, 2.05) is 39.8 Å². The smallest absolute Gasteiger partial charge is 0.252 e. The van der Waals surface area contributed by atoms with Crippen LogP contribution in [0.5, 0.6) is 0 Å². The van der Waals surface area contributed by atoms with E-state index in [4.69, 9.17) is 4.74 Å². The third-order valence-electron chi connectivity index (χ3n) is 5.58. The Morgan fingerprint density at radius 2 is 1.77 bits per heavy atom. The van der Waals surface area contributed by atoms with Crippen molar-refractivity contribution in [2.24, 2.45) is 0 Å². The standard InChI is InChI=1S/C23H30N2O4S/c1-5-22(20-9-6-16(2)14-18(20)4)24-23(26)21-15-19(8-7-17(21)3)30(27,28)25-10-12-29-13-11-25/h6-9,14-15,22H,5,10-13H2,1-4H3,(H,24,26)/t22-/m1/s1. The molecule has 1 N–H and O–H groups in total. The molecule has 0 spiro atoms. The highest BCUT2D eigenvalue weighted by molar-refractivity contribution is 7.89. The van der Waals surface area contributed by atoms with Gasteiger partial charge >= 0.3 is 0 Å². The van der Waals surface area contributed by atoms with E-state index < -0.39 is 10.0 Å². The van der Waals surface area contributed by atoms with Crippen molar-refractivity contribution in [1.29, 1.82) is 0 Å². The van der Waals surface area contributed by atoms with E-state index in [0.29, 0.717) is 31.9 Å². The lowest BCUT2D eigenvalue weighted by Gasteiger charge is -2.26. The van der Waals surface area contributed by atoms with Crippen LogP contribution in [0.25, 0.3) is 0 Å². The predicted molar refractivity (Wildman–Crippen MR) is 117 cm³/mol. The Balaban J connectivity index is 1.87. The van der Waals surface area contributed by atoms with E-state index in [2.05, 4.69) is 11.4 Å². The molecule has 0 aromatic heterocycles. The van der Waals surface area contributed by atoms with Crippen molar-refractivity contribution < 1.29 is 17.9 Å². The van der Waals surface area contributed by atoms with Gasteiger partial charge < -0.3 is 10.1 Å². The van der Waals surface area contributed by atoms with E-state index >= 15 is 0 Å². The van der Waals surface area contributed by atoms with Crippen molar-refractivity contribution in [1.82, 2.24) is 9.62 Å². The van der Waals surface area contributed by atoms with Gasteiger partial charge in [0, 0.05) is 18.7 Å². The first-order valence-corrected chi connectivity index (χ1v) is 11.7. The number of carbonyl (C=O) groups excluding carboxylic acids is 1. The van der Waals surface area contributed by atoms with Crippen LogP contribution in [-0.4, -0.2) is 44.9 Å². The van der Waals surface area contributed by atoms with Crippen LogP contribution in [0.2, 0.25) is 0 Å². The minimum absolute atomic E-state index is 0.139. The molecule has 0 unspecified atom stereocenters. The Bertz CT molecular complexity index is 1030. The number of amides is 1. The van der Waals surface area contributed by atoms with Crippen LogP contribution in [0.3, 0.4) is 0 Å². The van der Waals surface area contributed by atoms with Gasteiger partial charge in [-0.05, 0) is 56.0 Å². The molecule has 1 aliphatic rings. The number of ether oxygens (including phenoxy) is 1. The average Bonchev–Trinajstić information content (AvgIpc) is 2.73. The molecule has 1 aliphatic heterocycles. The van der Waals surface area contributed by atoms with Gasteiger partial charge in [-0.1, -0.05) is 36.8 Å². The molecule has 3 rings (SSSR count). The summed E-state index contributed by atoms with van der Waals surface area (Å²) in [6.07, 6.45) is 0.737. The molecule has 0 aliphatic carbocycles. The first kappa shape index (κ1) is 22.5. The average molecular weight is 431 g/mol. The monoisotopic (exact) mass is 430 g/mol. The molecule has 2 aromatic carbocycles. The molecule has 0 bridgehead atoms. The molecule has 1 saturated heterocycles. The number of nitrogens with zero attached hydrogens (tertiary/aromatic N) is 1. The van der Waals surface area contributed by atoms with Gasteiger partial charge in [0.2, 0.25) is 10.0 Å².